The number of aryl methyl sites for hydroxylation is 1. The molecule has 0 saturated carbocycles. The standard InChI is InChI=1S/C11H18N2O/c1-11(2,3)10-9-7(12-4)5-6-8(9)14-13-10/h7,12H,5-6H2,1-4H3. The van der Waals surface area contributed by atoms with Crippen molar-refractivity contribution in [2.45, 2.75) is 45.1 Å². The van der Waals surface area contributed by atoms with Crippen LogP contribution < -0.4 is 5.32 Å². The van der Waals surface area contributed by atoms with Gasteiger partial charge in [-0.15, -0.1) is 0 Å². The van der Waals surface area contributed by atoms with Gasteiger partial charge in [-0.05, 0) is 13.5 Å². The highest BCUT2D eigenvalue weighted by Crippen LogP contribution is 2.38. The molecule has 0 amide bonds. The number of hydrogen-bond donors (Lipinski definition) is 1. The van der Waals surface area contributed by atoms with E-state index in [4.69, 9.17) is 4.52 Å². The lowest BCUT2D eigenvalue weighted by Gasteiger charge is -2.18. The monoisotopic (exact) mass is 194 g/mol. The van der Waals surface area contributed by atoms with Crippen molar-refractivity contribution in [1.29, 1.82) is 0 Å². The number of rotatable bonds is 1. The lowest BCUT2D eigenvalue weighted by atomic mass is 9.88. The lowest BCUT2D eigenvalue weighted by Crippen LogP contribution is -2.20. The minimum Gasteiger partial charge on any atom is -0.361 e. The summed E-state index contributed by atoms with van der Waals surface area (Å²) in [6.45, 7) is 6.53. The van der Waals surface area contributed by atoms with Crippen LogP contribution in [0, 0.1) is 0 Å². The third-order valence-corrected chi connectivity index (χ3v) is 2.87. The van der Waals surface area contributed by atoms with E-state index in [1.54, 1.807) is 0 Å². The largest absolute Gasteiger partial charge is 0.361 e. The minimum absolute atomic E-state index is 0.0799. The summed E-state index contributed by atoms with van der Waals surface area (Å²) in [6, 6.07) is 0.436. The molecule has 1 N–H and O–H groups in total. The first-order chi connectivity index (χ1) is 6.54. The van der Waals surface area contributed by atoms with Crippen LogP contribution in [0.5, 0.6) is 0 Å². The molecule has 0 aromatic carbocycles. The Morgan fingerprint density at radius 2 is 2.14 bits per heavy atom. The van der Waals surface area contributed by atoms with E-state index < -0.39 is 0 Å². The van der Waals surface area contributed by atoms with Gasteiger partial charge >= 0.3 is 0 Å². The Balaban J connectivity index is 2.45. The van der Waals surface area contributed by atoms with Gasteiger partial charge in [0.25, 0.3) is 0 Å². The quantitative estimate of drug-likeness (QED) is 0.744. The fraction of sp³-hybridized carbons (Fsp3) is 0.727. The van der Waals surface area contributed by atoms with Gasteiger partial charge in [0.1, 0.15) is 5.76 Å². The fourth-order valence-corrected chi connectivity index (χ4v) is 2.12. The van der Waals surface area contributed by atoms with E-state index in [0.717, 1.165) is 24.3 Å². The first-order valence-electron chi connectivity index (χ1n) is 5.20. The van der Waals surface area contributed by atoms with Crippen molar-refractivity contribution < 1.29 is 4.52 Å². The van der Waals surface area contributed by atoms with E-state index in [0.29, 0.717) is 6.04 Å². The summed E-state index contributed by atoms with van der Waals surface area (Å²) in [4.78, 5) is 0. The number of aromatic nitrogens is 1. The van der Waals surface area contributed by atoms with E-state index in [2.05, 4.69) is 31.2 Å². The smallest absolute Gasteiger partial charge is 0.141 e. The third-order valence-electron chi connectivity index (χ3n) is 2.87. The highest BCUT2D eigenvalue weighted by atomic mass is 16.5. The first kappa shape index (κ1) is 9.71. The molecule has 0 spiro atoms. The maximum atomic E-state index is 5.38. The Labute approximate surface area is 84.9 Å². The van der Waals surface area contributed by atoms with Crippen molar-refractivity contribution in [3.05, 3.63) is 17.0 Å². The molecule has 0 radical (unpaired) electrons. The zero-order chi connectivity index (χ0) is 10.3. The molecule has 1 atom stereocenters. The summed E-state index contributed by atoms with van der Waals surface area (Å²) in [5, 5.41) is 7.51. The van der Waals surface area contributed by atoms with Gasteiger partial charge in [0.15, 0.2) is 0 Å². The van der Waals surface area contributed by atoms with Crippen LogP contribution in [0.1, 0.15) is 50.3 Å². The van der Waals surface area contributed by atoms with Crippen molar-refractivity contribution in [2.24, 2.45) is 0 Å². The topological polar surface area (TPSA) is 38.1 Å². The van der Waals surface area contributed by atoms with Crippen molar-refractivity contribution in [2.75, 3.05) is 7.05 Å². The molecule has 1 aromatic heterocycles. The SMILES string of the molecule is CNC1CCc2onc(C(C)(C)C)c21. The maximum Gasteiger partial charge on any atom is 0.141 e. The molecular weight excluding hydrogens is 176 g/mol. The van der Waals surface area contributed by atoms with Crippen LogP contribution in [0.3, 0.4) is 0 Å². The molecule has 1 aliphatic rings. The minimum atomic E-state index is 0.0799. The average Bonchev–Trinajstić information content (AvgIpc) is 2.59. The molecule has 0 saturated heterocycles. The second-order valence-electron chi connectivity index (χ2n) is 5.00. The Morgan fingerprint density at radius 1 is 1.43 bits per heavy atom. The van der Waals surface area contributed by atoms with E-state index >= 15 is 0 Å². The van der Waals surface area contributed by atoms with Crippen molar-refractivity contribution >= 4 is 0 Å². The summed E-state index contributed by atoms with van der Waals surface area (Å²) in [5.41, 5.74) is 2.50. The summed E-state index contributed by atoms with van der Waals surface area (Å²) >= 11 is 0. The maximum absolute atomic E-state index is 5.38. The molecule has 3 nitrogen and oxygen atoms in total. The first-order valence-corrected chi connectivity index (χ1v) is 5.20. The highest BCUT2D eigenvalue weighted by Gasteiger charge is 2.33. The summed E-state index contributed by atoms with van der Waals surface area (Å²) < 4.78 is 5.38. The van der Waals surface area contributed by atoms with Crippen LogP contribution in [0.2, 0.25) is 0 Å². The predicted octanol–water partition coefficient (Wildman–Crippen LogP) is 2.18. The van der Waals surface area contributed by atoms with Crippen LogP contribution in [-0.4, -0.2) is 12.2 Å². The number of nitrogens with one attached hydrogen (secondary N) is 1. The molecule has 0 aliphatic heterocycles. The number of fused-ring (bicyclic) bond motifs is 1. The molecule has 1 aromatic rings. The highest BCUT2D eigenvalue weighted by molar-refractivity contribution is 5.35. The zero-order valence-electron chi connectivity index (χ0n) is 9.35. The van der Waals surface area contributed by atoms with Crippen LogP contribution in [-0.2, 0) is 11.8 Å². The third kappa shape index (κ3) is 1.36. The van der Waals surface area contributed by atoms with Gasteiger partial charge in [-0.25, -0.2) is 0 Å². The second kappa shape index (κ2) is 3.09. The Bertz CT molecular complexity index is 336. The van der Waals surface area contributed by atoms with Crippen LogP contribution in [0.25, 0.3) is 0 Å². The summed E-state index contributed by atoms with van der Waals surface area (Å²) in [6.07, 6.45) is 2.15. The van der Waals surface area contributed by atoms with Gasteiger partial charge in [-0.2, -0.15) is 0 Å². The van der Waals surface area contributed by atoms with Gasteiger partial charge < -0.3 is 9.84 Å². The molecule has 78 valence electrons. The summed E-state index contributed by atoms with van der Waals surface area (Å²) in [5.74, 6) is 1.08. The van der Waals surface area contributed by atoms with E-state index in [-0.39, 0.29) is 5.41 Å². The molecule has 3 heteroatoms. The van der Waals surface area contributed by atoms with Gasteiger partial charge in [0, 0.05) is 23.4 Å². The Hall–Kier alpha value is -0.830. The van der Waals surface area contributed by atoms with Crippen LogP contribution >= 0.6 is 0 Å². The molecule has 2 rings (SSSR count). The van der Waals surface area contributed by atoms with Crippen LogP contribution in [0.15, 0.2) is 4.52 Å². The molecule has 14 heavy (non-hydrogen) atoms. The molecule has 1 aliphatic carbocycles. The Morgan fingerprint density at radius 3 is 2.71 bits per heavy atom. The molecule has 1 heterocycles. The second-order valence-corrected chi connectivity index (χ2v) is 5.00. The van der Waals surface area contributed by atoms with E-state index in [1.165, 1.54) is 5.56 Å². The number of hydrogen-bond acceptors (Lipinski definition) is 3. The molecular formula is C11H18N2O. The lowest BCUT2D eigenvalue weighted by molar-refractivity contribution is 0.362. The summed E-state index contributed by atoms with van der Waals surface area (Å²) in [7, 11) is 2.00. The van der Waals surface area contributed by atoms with E-state index in [1.807, 2.05) is 7.05 Å². The molecule has 0 bridgehead atoms. The van der Waals surface area contributed by atoms with Gasteiger partial charge in [-0.3, -0.25) is 0 Å². The van der Waals surface area contributed by atoms with E-state index in [9.17, 15) is 0 Å². The molecule has 0 fully saturated rings. The number of nitrogens with zero attached hydrogens (tertiary/aromatic N) is 1. The van der Waals surface area contributed by atoms with Gasteiger partial charge in [0.05, 0.1) is 5.69 Å². The molecule has 1 unspecified atom stereocenters. The average molecular weight is 194 g/mol. The van der Waals surface area contributed by atoms with Gasteiger partial charge in [0.2, 0.25) is 0 Å². The van der Waals surface area contributed by atoms with Crippen molar-refractivity contribution in [1.82, 2.24) is 10.5 Å². The normalized spacial score (nSPS) is 21.3. The fourth-order valence-electron chi connectivity index (χ4n) is 2.12. The van der Waals surface area contributed by atoms with Crippen molar-refractivity contribution in [3.8, 4) is 0 Å². The van der Waals surface area contributed by atoms with Crippen molar-refractivity contribution in [3.63, 3.8) is 0 Å². The zero-order valence-corrected chi connectivity index (χ0v) is 9.35. The van der Waals surface area contributed by atoms with Gasteiger partial charge in [-0.1, -0.05) is 25.9 Å². The Kier molecular flexibility index (Phi) is 2.14. The predicted molar refractivity (Wildman–Crippen MR) is 55.3 cm³/mol. The van der Waals surface area contributed by atoms with Crippen LogP contribution in [0.4, 0.5) is 0 Å².